The third kappa shape index (κ3) is 2.80. The average molecular weight is 353 g/mol. The fourth-order valence-electron chi connectivity index (χ4n) is 4.11. The van der Waals surface area contributed by atoms with Crippen LogP contribution in [0.5, 0.6) is 0 Å². The van der Waals surface area contributed by atoms with E-state index >= 15 is 0 Å². The van der Waals surface area contributed by atoms with Crippen molar-refractivity contribution in [2.45, 2.75) is 38.7 Å². The molecule has 0 aliphatic heterocycles. The van der Waals surface area contributed by atoms with Gasteiger partial charge in [0.05, 0.1) is 17.1 Å². The quantitative estimate of drug-likeness (QED) is 0.810. The molecule has 3 atom stereocenters. The first-order valence-corrected chi connectivity index (χ1v) is 8.47. The Morgan fingerprint density at radius 1 is 1.56 bits per heavy atom. The van der Waals surface area contributed by atoms with E-state index in [1.165, 1.54) is 6.92 Å². The fraction of sp³-hybridized carbons (Fsp3) is 0.368. The number of aromatic nitrogens is 2. The van der Waals surface area contributed by atoms with Gasteiger partial charge in [-0.15, -0.1) is 0 Å². The molecule has 5 nitrogen and oxygen atoms in total. The Morgan fingerprint density at radius 3 is 2.84 bits per heavy atom. The number of fused-ring (bicyclic) bond motifs is 1. The molecule has 2 N–H and O–H groups in total. The Kier molecular flexibility index (Phi) is 4.31. The van der Waals surface area contributed by atoms with Gasteiger partial charge in [-0.05, 0) is 43.5 Å². The lowest BCUT2D eigenvalue weighted by Gasteiger charge is -2.43. The summed E-state index contributed by atoms with van der Waals surface area (Å²) in [5.41, 5.74) is 2.33. The smallest absolute Gasteiger partial charge is 0.136 e. The predicted octanol–water partition coefficient (Wildman–Crippen LogP) is 2.96. The molecule has 1 aliphatic carbocycles. The van der Waals surface area contributed by atoms with Gasteiger partial charge in [0.1, 0.15) is 16.5 Å². The second-order valence-electron chi connectivity index (χ2n) is 6.84. The molecule has 0 saturated heterocycles. The molecule has 6 heteroatoms. The van der Waals surface area contributed by atoms with Gasteiger partial charge >= 0.3 is 0 Å². The number of hydrogen-bond acceptors (Lipinski definition) is 5. The molecule has 0 saturated carbocycles. The van der Waals surface area contributed by atoms with Gasteiger partial charge in [-0.3, -0.25) is 9.78 Å². The lowest BCUT2D eigenvalue weighted by molar-refractivity contribution is -0.130. The molecule has 128 valence electrons. The second kappa shape index (κ2) is 6.17. The second-order valence-corrected chi connectivity index (χ2v) is 7.25. The molecule has 3 unspecified atom stereocenters. The molecule has 2 aromatic rings. The minimum Gasteiger partial charge on any atom is -0.389 e. The van der Waals surface area contributed by atoms with Gasteiger partial charge in [0.25, 0.3) is 0 Å². The summed E-state index contributed by atoms with van der Waals surface area (Å²) < 4.78 is 0.362. The Hall–Kier alpha value is -2.36. The van der Waals surface area contributed by atoms with Crippen molar-refractivity contribution >= 4 is 18.0 Å². The standard InChI is InChI=1S/C19H19N3O2S/c1-10-15-13(14(8-20)18(25)22-10)7-19(3,24)17(11(2)23)16(15)12-5-4-6-21-9-12/h4-6,9,16-17,24H,7H2,1-3H3,(H,22,25). The maximum absolute atomic E-state index is 12.5. The van der Waals surface area contributed by atoms with E-state index in [1.54, 1.807) is 25.4 Å². The van der Waals surface area contributed by atoms with E-state index in [1.807, 2.05) is 13.0 Å². The van der Waals surface area contributed by atoms with Crippen molar-refractivity contribution in [1.29, 1.82) is 5.26 Å². The average Bonchev–Trinajstić information content (AvgIpc) is 2.53. The largest absolute Gasteiger partial charge is 0.389 e. The number of Topliss-reactive ketones (excluding diaryl/α,β-unsaturated/α-hetero) is 1. The number of ketones is 1. The number of H-pyrrole nitrogens is 1. The van der Waals surface area contributed by atoms with E-state index in [4.69, 9.17) is 12.2 Å². The number of carbonyl (C=O) groups excluding carboxylic acids is 1. The molecular weight excluding hydrogens is 334 g/mol. The summed E-state index contributed by atoms with van der Waals surface area (Å²) >= 11 is 5.30. The van der Waals surface area contributed by atoms with Crippen LogP contribution in [0, 0.1) is 28.8 Å². The first kappa shape index (κ1) is 17.5. The normalized spacial score (nSPS) is 25.1. The number of nitrogens with zero attached hydrogens (tertiary/aromatic N) is 2. The fourth-order valence-corrected chi connectivity index (χ4v) is 4.43. The van der Waals surface area contributed by atoms with Gasteiger partial charge < -0.3 is 10.1 Å². The molecule has 0 aromatic carbocycles. The summed E-state index contributed by atoms with van der Waals surface area (Å²) in [5.74, 6) is -1.10. The predicted molar refractivity (Wildman–Crippen MR) is 95.7 cm³/mol. The molecule has 0 fully saturated rings. The molecular formula is C19H19N3O2S. The van der Waals surface area contributed by atoms with E-state index in [9.17, 15) is 15.2 Å². The number of pyridine rings is 2. The highest BCUT2D eigenvalue weighted by atomic mass is 32.1. The lowest BCUT2D eigenvalue weighted by Crippen LogP contribution is -2.48. The zero-order chi connectivity index (χ0) is 18.4. The van der Waals surface area contributed by atoms with Gasteiger partial charge in [-0.2, -0.15) is 5.26 Å². The Labute approximate surface area is 151 Å². The lowest BCUT2D eigenvalue weighted by atomic mass is 9.63. The number of aromatic amines is 1. The van der Waals surface area contributed by atoms with E-state index in [0.717, 1.165) is 22.4 Å². The number of aryl methyl sites for hydroxylation is 1. The van der Waals surface area contributed by atoms with E-state index in [-0.39, 0.29) is 18.1 Å². The van der Waals surface area contributed by atoms with E-state index < -0.39 is 11.5 Å². The van der Waals surface area contributed by atoms with Crippen LogP contribution in [0.4, 0.5) is 0 Å². The van der Waals surface area contributed by atoms with Crippen molar-refractivity contribution in [2.24, 2.45) is 5.92 Å². The molecule has 2 aromatic heterocycles. The van der Waals surface area contributed by atoms with Crippen molar-refractivity contribution < 1.29 is 9.90 Å². The first-order valence-electron chi connectivity index (χ1n) is 8.06. The van der Waals surface area contributed by atoms with Gasteiger partial charge in [-0.1, -0.05) is 18.3 Å². The Morgan fingerprint density at radius 2 is 2.28 bits per heavy atom. The third-order valence-electron chi connectivity index (χ3n) is 5.00. The van der Waals surface area contributed by atoms with Gasteiger partial charge in [0.2, 0.25) is 0 Å². The van der Waals surface area contributed by atoms with Crippen LogP contribution >= 0.6 is 12.2 Å². The molecule has 3 rings (SSSR count). The van der Waals surface area contributed by atoms with Gasteiger partial charge in [-0.25, -0.2) is 0 Å². The molecule has 0 bridgehead atoms. The summed E-state index contributed by atoms with van der Waals surface area (Å²) in [6, 6.07) is 5.86. The van der Waals surface area contributed by atoms with Crippen LogP contribution in [0.15, 0.2) is 24.5 Å². The monoisotopic (exact) mass is 353 g/mol. The molecule has 0 radical (unpaired) electrons. The highest BCUT2D eigenvalue weighted by molar-refractivity contribution is 7.71. The van der Waals surface area contributed by atoms with Crippen molar-refractivity contribution in [3.63, 3.8) is 0 Å². The van der Waals surface area contributed by atoms with Crippen LogP contribution in [0.2, 0.25) is 0 Å². The van der Waals surface area contributed by atoms with Crippen LogP contribution in [0.1, 0.15) is 47.7 Å². The van der Waals surface area contributed by atoms with Gasteiger partial charge in [0, 0.05) is 30.4 Å². The minimum atomic E-state index is -1.28. The summed E-state index contributed by atoms with van der Waals surface area (Å²) in [5, 5.41) is 20.7. The number of nitriles is 1. The molecule has 0 amide bonds. The highest BCUT2D eigenvalue weighted by Gasteiger charge is 2.48. The van der Waals surface area contributed by atoms with E-state index in [0.29, 0.717) is 10.2 Å². The van der Waals surface area contributed by atoms with Gasteiger partial charge in [0.15, 0.2) is 0 Å². The molecule has 1 aliphatic rings. The number of aliphatic hydroxyl groups is 1. The first-order chi connectivity index (χ1) is 11.8. The summed E-state index contributed by atoms with van der Waals surface area (Å²) in [7, 11) is 0. The van der Waals surface area contributed by atoms with Crippen molar-refractivity contribution in [3.8, 4) is 6.07 Å². The maximum Gasteiger partial charge on any atom is 0.136 e. The van der Waals surface area contributed by atoms with Crippen LogP contribution in [0.3, 0.4) is 0 Å². The SMILES string of the molecule is CC(=O)C1C(c2cccnc2)c2c(C)[nH]c(=S)c(C#N)c2CC1(C)O. The van der Waals surface area contributed by atoms with Crippen LogP contribution < -0.4 is 0 Å². The molecule has 25 heavy (non-hydrogen) atoms. The summed E-state index contributed by atoms with van der Waals surface area (Å²) in [4.78, 5) is 19.7. The van der Waals surface area contributed by atoms with E-state index in [2.05, 4.69) is 16.0 Å². The topological polar surface area (TPSA) is 89.8 Å². The van der Waals surface area contributed by atoms with Crippen LogP contribution in [-0.4, -0.2) is 26.5 Å². The minimum absolute atomic E-state index is 0.0927. The number of rotatable bonds is 2. The van der Waals surface area contributed by atoms with Crippen molar-refractivity contribution in [2.75, 3.05) is 0 Å². The molecule has 2 heterocycles. The highest BCUT2D eigenvalue weighted by Crippen LogP contribution is 2.47. The zero-order valence-electron chi connectivity index (χ0n) is 14.3. The number of carbonyl (C=O) groups is 1. The van der Waals surface area contributed by atoms with Crippen LogP contribution in [0.25, 0.3) is 0 Å². The number of hydrogen-bond donors (Lipinski definition) is 2. The third-order valence-corrected chi connectivity index (χ3v) is 5.31. The van der Waals surface area contributed by atoms with Crippen molar-refractivity contribution in [3.05, 3.63) is 57.1 Å². The zero-order valence-corrected chi connectivity index (χ0v) is 15.1. The summed E-state index contributed by atoms with van der Waals surface area (Å²) in [6.45, 7) is 5.04. The van der Waals surface area contributed by atoms with Crippen LogP contribution in [-0.2, 0) is 11.2 Å². The summed E-state index contributed by atoms with van der Waals surface area (Å²) in [6.07, 6.45) is 3.59. The Balaban J connectivity index is 2.41. The Bertz CT molecular complexity index is 942. The number of nitrogens with one attached hydrogen (secondary N) is 1. The molecule has 0 spiro atoms. The van der Waals surface area contributed by atoms with Crippen molar-refractivity contribution in [1.82, 2.24) is 9.97 Å². The maximum atomic E-state index is 12.5.